The molecule has 100 valence electrons. The second-order valence-corrected chi connectivity index (χ2v) is 6.59. The van der Waals surface area contributed by atoms with Crippen LogP contribution in [0.1, 0.15) is 24.5 Å². The van der Waals surface area contributed by atoms with E-state index in [-0.39, 0.29) is 0 Å². The van der Waals surface area contributed by atoms with Crippen molar-refractivity contribution in [2.45, 2.75) is 43.4 Å². The summed E-state index contributed by atoms with van der Waals surface area (Å²) in [7, 11) is 4.26. The molecule has 1 aromatic rings. The molecule has 0 aromatic heterocycles. The predicted octanol–water partition coefficient (Wildman–Crippen LogP) is 3.21. The highest BCUT2D eigenvalue weighted by Gasteiger charge is 2.29. The van der Waals surface area contributed by atoms with E-state index >= 15 is 0 Å². The van der Waals surface area contributed by atoms with Gasteiger partial charge in [0.25, 0.3) is 0 Å². The molecule has 2 atom stereocenters. The molecule has 0 bridgehead atoms. The third kappa shape index (κ3) is 2.52. The van der Waals surface area contributed by atoms with Crippen LogP contribution in [0.4, 0.5) is 5.69 Å². The Morgan fingerprint density at radius 1 is 1.28 bits per heavy atom. The number of hydrogen-bond acceptors (Lipinski definition) is 3. The summed E-state index contributed by atoms with van der Waals surface area (Å²) in [5.41, 5.74) is 4.19. The van der Waals surface area contributed by atoms with Crippen LogP contribution >= 0.6 is 11.8 Å². The lowest BCUT2D eigenvalue weighted by molar-refractivity contribution is 0.582. The van der Waals surface area contributed by atoms with Gasteiger partial charge in [0, 0.05) is 23.2 Å². The Kier molecular flexibility index (Phi) is 4.23. The van der Waals surface area contributed by atoms with E-state index in [4.69, 9.17) is 0 Å². The standard InChI is InChI=1S/C15H24N2S/c1-10-8-13-15(9-11(10)2)18-14(6-7-16-4)12(3)17(13)5/h8-9,12,14,16H,6-7H2,1-5H3. The normalized spacial score (nSPS) is 23.1. The fourth-order valence-electron chi connectivity index (χ4n) is 2.46. The first-order valence-electron chi connectivity index (χ1n) is 6.70. The fourth-order valence-corrected chi connectivity index (χ4v) is 3.97. The molecule has 2 nitrogen and oxygen atoms in total. The molecule has 2 rings (SSSR count). The Labute approximate surface area is 115 Å². The van der Waals surface area contributed by atoms with Crippen LogP contribution in [0, 0.1) is 13.8 Å². The Balaban J connectivity index is 2.29. The summed E-state index contributed by atoms with van der Waals surface area (Å²) in [6.07, 6.45) is 1.22. The third-order valence-electron chi connectivity index (χ3n) is 4.06. The van der Waals surface area contributed by atoms with Crippen molar-refractivity contribution in [1.29, 1.82) is 0 Å². The van der Waals surface area contributed by atoms with E-state index in [0.29, 0.717) is 11.3 Å². The van der Waals surface area contributed by atoms with Crippen molar-refractivity contribution in [1.82, 2.24) is 5.32 Å². The first kappa shape index (κ1) is 13.8. The smallest absolute Gasteiger partial charge is 0.0507 e. The summed E-state index contributed by atoms with van der Waals surface area (Å²) in [5, 5.41) is 3.94. The topological polar surface area (TPSA) is 15.3 Å². The molecule has 1 aromatic carbocycles. The maximum atomic E-state index is 3.26. The number of nitrogens with zero attached hydrogens (tertiary/aromatic N) is 1. The number of aryl methyl sites for hydroxylation is 2. The predicted molar refractivity (Wildman–Crippen MR) is 82.0 cm³/mol. The molecule has 0 saturated heterocycles. The number of nitrogens with one attached hydrogen (secondary N) is 1. The van der Waals surface area contributed by atoms with Gasteiger partial charge < -0.3 is 10.2 Å². The molecule has 1 N–H and O–H groups in total. The van der Waals surface area contributed by atoms with Gasteiger partial charge in [0.15, 0.2) is 0 Å². The summed E-state index contributed by atoms with van der Waals surface area (Å²) < 4.78 is 0. The first-order valence-corrected chi connectivity index (χ1v) is 7.58. The average molecular weight is 264 g/mol. The molecule has 0 spiro atoms. The molecule has 3 heteroatoms. The van der Waals surface area contributed by atoms with Crippen LogP contribution in [0.15, 0.2) is 17.0 Å². The van der Waals surface area contributed by atoms with Gasteiger partial charge >= 0.3 is 0 Å². The summed E-state index contributed by atoms with van der Waals surface area (Å²) >= 11 is 2.05. The van der Waals surface area contributed by atoms with Gasteiger partial charge in [-0.15, -0.1) is 11.8 Å². The molecule has 18 heavy (non-hydrogen) atoms. The van der Waals surface area contributed by atoms with Gasteiger partial charge in [-0.3, -0.25) is 0 Å². The van der Waals surface area contributed by atoms with Gasteiger partial charge in [-0.2, -0.15) is 0 Å². The molecule has 0 aliphatic carbocycles. The van der Waals surface area contributed by atoms with Gasteiger partial charge in [0.05, 0.1) is 5.69 Å². The van der Waals surface area contributed by atoms with Gasteiger partial charge in [0.1, 0.15) is 0 Å². The van der Waals surface area contributed by atoms with E-state index in [1.807, 2.05) is 7.05 Å². The van der Waals surface area contributed by atoms with E-state index in [0.717, 1.165) is 6.54 Å². The minimum absolute atomic E-state index is 0.595. The van der Waals surface area contributed by atoms with Crippen molar-refractivity contribution >= 4 is 17.4 Å². The van der Waals surface area contributed by atoms with Crippen LogP contribution in [0.5, 0.6) is 0 Å². The summed E-state index contributed by atoms with van der Waals surface area (Å²) in [5.74, 6) is 0. The lowest BCUT2D eigenvalue weighted by Gasteiger charge is -2.39. The van der Waals surface area contributed by atoms with E-state index in [1.165, 1.54) is 28.1 Å². The largest absolute Gasteiger partial charge is 0.370 e. The average Bonchev–Trinajstić information content (AvgIpc) is 2.35. The van der Waals surface area contributed by atoms with Crippen molar-refractivity contribution in [2.75, 3.05) is 25.5 Å². The second kappa shape index (κ2) is 5.54. The molecule has 0 amide bonds. The lowest BCUT2D eigenvalue weighted by Crippen LogP contribution is -2.41. The van der Waals surface area contributed by atoms with Crippen molar-refractivity contribution < 1.29 is 0 Å². The number of benzene rings is 1. The van der Waals surface area contributed by atoms with Crippen molar-refractivity contribution in [3.63, 3.8) is 0 Å². The fraction of sp³-hybridized carbons (Fsp3) is 0.600. The molecule has 1 aliphatic heterocycles. The zero-order valence-electron chi connectivity index (χ0n) is 12.1. The Hall–Kier alpha value is -0.670. The summed E-state index contributed by atoms with van der Waals surface area (Å²) in [4.78, 5) is 3.89. The summed E-state index contributed by atoms with van der Waals surface area (Å²) in [6, 6.07) is 5.28. The molecule has 0 fully saturated rings. The molecule has 0 radical (unpaired) electrons. The van der Waals surface area contributed by atoms with E-state index in [9.17, 15) is 0 Å². The molecule has 1 heterocycles. The maximum absolute atomic E-state index is 3.26. The lowest BCUT2D eigenvalue weighted by atomic mass is 10.1. The van der Waals surface area contributed by atoms with Gasteiger partial charge in [-0.25, -0.2) is 0 Å². The van der Waals surface area contributed by atoms with Crippen LogP contribution in [-0.4, -0.2) is 31.9 Å². The SMILES string of the molecule is CNCCC1Sc2cc(C)c(C)cc2N(C)C1C. The van der Waals surface area contributed by atoms with Crippen LogP contribution < -0.4 is 10.2 Å². The number of hydrogen-bond donors (Lipinski definition) is 1. The molecular formula is C15H24N2S. The minimum atomic E-state index is 0.595. The van der Waals surface area contributed by atoms with Gasteiger partial charge in [0.2, 0.25) is 0 Å². The van der Waals surface area contributed by atoms with Crippen molar-refractivity contribution in [3.8, 4) is 0 Å². The monoisotopic (exact) mass is 264 g/mol. The van der Waals surface area contributed by atoms with Crippen LogP contribution in [0.3, 0.4) is 0 Å². The van der Waals surface area contributed by atoms with E-state index in [2.05, 4.69) is 61.9 Å². The van der Waals surface area contributed by atoms with Crippen molar-refractivity contribution in [3.05, 3.63) is 23.3 Å². The van der Waals surface area contributed by atoms with Gasteiger partial charge in [-0.05, 0) is 64.0 Å². The van der Waals surface area contributed by atoms with Crippen LogP contribution in [0.2, 0.25) is 0 Å². The molecule has 0 saturated carbocycles. The van der Waals surface area contributed by atoms with Crippen molar-refractivity contribution in [2.24, 2.45) is 0 Å². The highest BCUT2D eigenvalue weighted by molar-refractivity contribution is 8.00. The first-order chi connectivity index (χ1) is 8.54. The highest BCUT2D eigenvalue weighted by Crippen LogP contribution is 2.43. The number of fused-ring (bicyclic) bond motifs is 1. The number of thioether (sulfide) groups is 1. The number of rotatable bonds is 3. The number of anilines is 1. The Bertz CT molecular complexity index is 431. The summed E-state index contributed by atoms with van der Waals surface area (Å²) in [6.45, 7) is 7.84. The Morgan fingerprint density at radius 3 is 2.61 bits per heavy atom. The quantitative estimate of drug-likeness (QED) is 0.902. The maximum Gasteiger partial charge on any atom is 0.0507 e. The molecular weight excluding hydrogens is 240 g/mol. The van der Waals surface area contributed by atoms with Crippen LogP contribution in [0.25, 0.3) is 0 Å². The zero-order valence-corrected chi connectivity index (χ0v) is 12.9. The van der Waals surface area contributed by atoms with Gasteiger partial charge in [-0.1, -0.05) is 0 Å². The zero-order chi connectivity index (χ0) is 13.3. The Morgan fingerprint density at radius 2 is 1.94 bits per heavy atom. The van der Waals surface area contributed by atoms with E-state index in [1.54, 1.807) is 0 Å². The van der Waals surface area contributed by atoms with Crippen LogP contribution in [-0.2, 0) is 0 Å². The highest BCUT2D eigenvalue weighted by atomic mass is 32.2. The van der Waals surface area contributed by atoms with E-state index < -0.39 is 0 Å². The molecule has 2 unspecified atom stereocenters. The minimum Gasteiger partial charge on any atom is -0.370 e. The third-order valence-corrected chi connectivity index (χ3v) is 5.57. The molecule has 1 aliphatic rings. The second-order valence-electron chi connectivity index (χ2n) is 5.30.